The Morgan fingerprint density at radius 2 is 1.82 bits per heavy atom. The van der Waals surface area contributed by atoms with E-state index in [2.05, 4.69) is 27.9 Å². The highest BCUT2D eigenvalue weighted by Gasteiger charge is 2.14. The first-order chi connectivity index (χ1) is 16.0. The van der Waals surface area contributed by atoms with Gasteiger partial charge in [-0.25, -0.2) is 4.98 Å². The SMILES string of the molecule is CCCc1onc(C)c1COc1cccc(C(=O)NNC(=O)c2ccc3ccccc3n2)c1. The summed E-state index contributed by atoms with van der Waals surface area (Å²) in [5.41, 5.74) is 7.78. The quantitative estimate of drug-likeness (QED) is 0.415. The number of benzene rings is 2. The number of ether oxygens (including phenoxy) is 1. The molecule has 0 aliphatic heterocycles. The first kappa shape index (κ1) is 22.0. The van der Waals surface area contributed by atoms with E-state index in [1.807, 2.05) is 37.3 Å². The normalized spacial score (nSPS) is 10.7. The maximum atomic E-state index is 12.5. The van der Waals surface area contributed by atoms with E-state index in [-0.39, 0.29) is 5.69 Å². The van der Waals surface area contributed by atoms with E-state index in [9.17, 15) is 9.59 Å². The summed E-state index contributed by atoms with van der Waals surface area (Å²) in [6, 6.07) is 17.6. The molecule has 0 saturated heterocycles. The summed E-state index contributed by atoms with van der Waals surface area (Å²) >= 11 is 0. The predicted molar refractivity (Wildman–Crippen MR) is 123 cm³/mol. The summed E-state index contributed by atoms with van der Waals surface area (Å²) in [7, 11) is 0. The van der Waals surface area contributed by atoms with Crippen LogP contribution in [0.1, 0.15) is 51.2 Å². The molecular weight excluding hydrogens is 420 g/mol. The fourth-order valence-electron chi connectivity index (χ4n) is 3.37. The van der Waals surface area contributed by atoms with E-state index in [4.69, 9.17) is 9.26 Å². The highest BCUT2D eigenvalue weighted by atomic mass is 16.5. The largest absolute Gasteiger partial charge is 0.489 e. The van der Waals surface area contributed by atoms with Gasteiger partial charge in [0, 0.05) is 17.4 Å². The highest BCUT2D eigenvalue weighted by molar-refractivity contribution is 5.99. The van der Waals surface area contributed by atoms with E-state index < -0.39 is 11.8 Å². The lowest BCUT2D eigenvalue weighted by Crippen LogP contribution is -2.41. The molecule has 33 heavy (non-hydrogen) atoms. The second kappa shape index (κ2) is 9.95. The van der Waals surface area contributed by atoms with Gasteiger partial charge >= 0.3 is 0 Å². The van der Waals surface area contributed by atoms with Crippen LogP contribution in [0.3, 0.4) is 0 Å². The molecule has 0 radical (unpaired) electrons. The zero-order valence-electron chi connectivity index (χ0n) is 18.4. The lowest BCUT2D eigenvalue weighted by molar-refractivity contribution is 0.0844. The average Bonchev–Trinajstić information content (AvgIpc) is 3.20. The van der Waals surface area contributed by atoms with E-state index in [0.717, 1.165) is 35.2 Å². The van der Waals surface area contributed by atoms with Gasteiger partial charge in [0.1, 0.15) is 23.8 Å². The molecule has 4 aromatic rings. The molecule has 0 fully saturated rings. The van der Waals surface area contributed by atoms with Crippen LogP contribution in [0.25, 0.3) is 10.9 Å². The molecule has 2 aromatic heterocycles. The van der Waals surface area contributed by atoms with Crippen LogP contribution >= 0.6 is 0 Å². The molecule has 168 valence electrons. The topological polar surface area (TPSA) is 106 Å². The number of carbonyl (C=O) groups is 2. The highest BCUT2D eigenvalue weighted by Crippen LogP contribution is 2.20. The van der Waals surface area contributed by atoms with Gasteiger partial charge in [0.2, 0.25) is 0 Å². The molecule has 2 aromatic carbocycles. The minimum Gasteiger partial charge on any atom is -0.489 e. The van der Waals surface area contributed by atoms with Gasteiger partial charge in [0.05, 0.1) is 16.8 Å². The summed E-state index contributed by atoms with van der Waals surface area (Å²) in [6.45, 7) is 4.23. The van der Waals surface area contributed by atoms with E-state index in [1.165, 1.54) is 0 Å². The van der Waals surface area contributed by atoms with Crippen molar-refractivity contribution in [2.45, 2.75) is 33.3 Å². The number of para-hydroxylation sites is 1. The molecule has 2 N–H and O–H groups in total. The molecule has 0 bridgehead atoms. The van der Waals surface area contributed by atoms with E-state index in [0.29, 0.717) is 23.4 Å². The molecule has 8 nitrogen and oxygen atoms in total. The van der Waals surface area contributed by atoms with Crippen molar-refractivity contribution < 1.29 is 18.8 Å². The molecule has 0 unspecified atom stereocenters. The fraction of sp³-hybridized carbons (Fsp3) is 0.200. The average molecular weight is 444 g/mol. The number of aromatic nitrogens is 2. The fourth-order valence-corrected chi connectivity index (χ4v) is 3.37. The summed E-state index contributed by atoms with van der Waals surface area (Å²) in [5.74, 6) is 0.359. The van der Waals surface area contributed by atoms with Crippen LogP contribution in [0.4, 0.5) is 0 Å². The number of amides is 2. The van der Waals surface area contributed by atoms with Crippen molar-refractivity contribution in [3.63, 3.8) is 0 Å². The number of aryl methyl sites for hydroxylation is 2. The second-order valence-corrected chi connectivity index (χ2v) is 7.53. The molecular formula is C25H24N4O4. The lowest BCUT2D eigenvalue weighted by atomic mass is 10.1. The maximum Gasteiger partial charge on any atom is 0.288 e. The smallest absolute Gasteiger partial charge is 0.288 e. The number of hydrogen-bond acceptors (Lipinski definition) is 6. The third-order valence-electron chi connectivity index (χ3n) is 5.14. The molecule has 0 atom stereocenters. The number of hydrazine groups is 1. The second-order valence-electron chi connectivity index (χ2n) is 7.53. The first-order valence-corrected chi connectivity index (χ1v) is 10.7. The van der Waals surface area contributed by atoms with Gasteiger partial charge in [-0.05, 0) is 43.7 Å². The standard InChI is InChI=1S/C25H24N4O4/c1-3-7-23-20(16(2)29-33-23)15-32-19-10-6-9-18(14-19)24(30)27-28-25(31)22-13-12-17-8-4-5-11-21(17)26-22/h4-6,8-14H,3,7,15H2,1-2H3,(H,27,30)(H,28,31). The molecule has 0 aliphatic carbocycles. The van der Waals surface area contributed by atoms with Gasteiger partial charge in [0.15, 0.2) is 0 Å². The van der Waals surface area contributed by atoms with Gasteiger partial charge in [-0.15, -0.1) is 0 Å². The van der Waals surface area contributed by atoms with Gasteiger partial charge in [0.25, 0.3) is 11.8 Å². The van der Waals surface area contributed by atoms with Gasteiger partial charge in [-0.3, -0.25) is 20.4 Å². The number of nitrogens with zero attached hydrogens (tertiary/aromatic N) is 2. The minimum atomic E-state index is -0.507. The summed E-state index contributed by atoms with van der Waals surface area (Å²) in [6.07, 6.45) is 1.73. The minimum absolute atomic E-state index is 0.207. The summed E-state index contributed by atoms with van der Waals surface area (Å²) in [4.78, 5) is 29.3. The van der Waals surface area contributed by atoms with Gasteiger partial charge in [-0.1, -0.05) is 42.4 Å². The van der Waals surface area contributed by atoms with Crippen LogP contribution in [-0.4, -0.2) is 22.0 Å². The number of pyridine rings is 1. The van der Waals surface area contributed by atoms with Crippen LogP contribution in [-0.2, 0) is 13.0 Å². The van der Waals surface area contributed by atoms with Crippen molar-refractivity contribution in [3.8, 4) is 5.75 Å². The van der Waals surface area contributed by atoms with E-state index >= 15 is 0 Å². The lowest BCUT2D eigenvalue weighted by Gasteiger charge is -2.10. The van der Waals surface area contributed by atoms with Crippen molar-refractivity contribution in [1.82, 2.24) is 21.0 Å². The first-order valence-electron chi connectivity index (χ1n) is 10.7. The van der Waals surface area contributed by atoms with Crippen molar-refractivity contribution in [2.24, 2.45) is 0 Å². The third-order valence-corrected chi connectivity index (χ3v) is 5.14. The number of nitrogens with one attached hydrogen (secondary N) is 2. The summed E-state index contributed by atoms with van der Waals surface area (Å²) < 4.78 is 11.2. The molecule has 0 saturated carbocycles. The molecule has 0 spiro atoms. The van der Waals surface area contributed by atoms with Crippen LogP contribution in [0.2, 0.25) is 0 Å². The Morgan fingerprint density at radius 1 is 1.00 bits per heavy atom. The number of fused-ring (bicyclic) bond motifs is 1. The molecule has 2 heterocycles. The van der Waals surface area contributed by atoms with Gasteiger partial charge < -0.3 is 9.26 Å². The predicted octanol–water partition coefficient (Wildman–Crippen LogP) is 4.14. The van der Waals surface area contributed by atoms with Crippen LogP contribution in [0.5, 0.6) is 5.75 Å². The van der Waals surface area contributed by atoms with Crippen molar-refractivity contribution >= 4 is 22.7 Å². The zero-order valence-corrected chi connectivity index (χ0v) is 18.4. The van der Waals surface area contributed by atoms with Crippen LogP contribution in [0.15, 0.2) is 65.2 Å². The zero-order chi connectivity index (χ0) is 23.2. The molecule has 8 heteroatoms. The van der Waals surface area contributed by atoms with Crippen molar-refractivity contribution in [3.05, 3.63) is 88.9 Å². The Morgan fingerprint density at radius 3 is 2.67 bits per heavy atom. The Hall–Kier alpha value is -4.20. The number of carbonyl (C=O) groups excluding carboxylic acids is 2. The van der Waals surface area contributed by atoms with Crippen molar-refractivity contribution in [2.75, 3.05) is 0 Å². The Kier molecular flexibility index (Phi) is 6.64. The Bertz CT molecular complexity index is 1300. The number of hydrogen-bond donors (Lipinski definition) is 2. The Balaban J connectivity index is 1.37. The molecule has 2 amide bonds. The monoisotopic (exact) mass is 444 g/mol. The van der Waals surface area contributed by atoms with Crippen LogP contribution in [0, 0.1) is 6.92 Å². The van der Waals surface area contributed by atoms with Crippen molar-refractivity contribution in [1.29, 1.82) is 0 Å². The Labute approximate surface area is 190 Å². The van der Waals surface area contributed by atoms with Crippen LogP contribution < -0.4 is 15.6 Å². The maximum absolute atomic E-state index is 12.5. The number of rotatable bonds is 7. The molecule has 0 aliphatic rings. The molecule has 4 rings (SSSR count). The van der Waals surface area contributed by atoms with Gasteiger partial charge in [-0.2, -0.15) is 0 Å². The van der Waals surface area contributed by atoms with E-state index in [1.54, 1.807) is 30.3 Å². The summed E-state index contributed by atoms with van der Waals surface area (Å²) in [5, 5.41) is 4.94. The third kappa shape index (κ3) is 5.17.